The number of rotatable bonds is 5. The lowest BCUT2D eigenvalue weighted by Gasteiger charge is -2.41. The molecule has 176 valence electrons. The minimum atomic E-state index is -0.366. The molecule has 34 heavy (non-hydrogen) atoms. The number of carbonyl (C=O) groups is 1. The van der Waals surface area contributed by atoms with E-state index in [1.54, 1.807) is 12.1 Å². The number of methoxy groups -OCH3 is 1. The number of carbonyl (C=O) groups excluding carboxylic acids is 1. The molecule has 0 fully saturated rings. The highest BCUT2D eigenvalue weighted by atomic mass is 16.6. The van der Waals surface area contributed by atoms with E-state index in [0.29, 0.717) is 31.1 Å². The van der Waals surface area contributed by atoms with Crippen LogP contribution in [0.25, 0.3) is 0 Å². The molecule has 3 aromatic carbocycles. The highest BCUT2D eigenvalue weighted by Crippen LogP contribution is 2.42. The maximum absolute atomic E-state index is 12.8. The summed E-state index contributed by atoms with van der Waals surface area (Å²) in [4.78, 5) is 15.1. The number of fused-ring (bicyclic) bond motifs is 2. The summed E-state index contributed by atoms with van der Waals surface area (Å²) in [6.07, 6.45) is 1.19. The van der Waals surface area contributed by atoms with Crippen LogP contribution in [0.2, 0.25) is 0 Å². The van der Waals surface area contributed by atoms with Crippen LogP contribution in [0.4, 0.5) is 0 Å². The molecule has 3 atom stereocenters. The first-order chi connectivity index (χ1) is 16.6. The van der Waals surface area contributed by atoms with E-state index < -0.39 is 0 Å². The van der Waals surface area contributed by atoms with Gasteiger partial charge in [-0.25, -0.2) is 0 Å². The summed E-state index contributed by atoms with van der Waals surface area (Å²) in [5, 5.41) is 9.59. The van der Waals surface area contributed by atoms with E-state index in [1.807, 2.05) is 36.4 Å². The summed E-state index contributed by atoms with van der Waals surface area (Å²) >= 11 is 0. The molecule has 6 heteroatoms. The molecule has 2 unspecified atom stereocenters. The maximum Gasteiger partial charge on any atom is 0.323 e. The smallest absolute Gasteiger partial charge is 0.323 e. The van der Waals surface area contributed by atoms with Gasteiger partial charge < -0.3 is 19.3 Å². The fraction of sp³-hybridized carbons (Fsp3) is 0.321. The predicted octanol–water partition coefficient (Wildman–Crippen LogP) is 4.96. The molecule has 6 nitrogen and oxygen atoms in total. The number of aromatic hydroxyl groups is 1. The first kappa shape index (κ1) is 22.3. The van der Waals surface area contributed by atoms with Gasteiger partial charge in [-0.05, 0) is 59.4 Å². The normalized spacial score (nSPS) is 20.3. The number of hydrogen-bond acceptors (Lipinski definition) is 6. The number of phenolic OH excluding ortho intramolecular Hbond substituents is 1. The van der Waals surface area contributed by atoms with Crippen molar-refractivity contribution in [3.05, 3.63) is 89.0 Å². The molecule has 0 amide bonds. The zero-order valence-electron chi connectivity index (χ0n) is 19.4. The predicted molar refractivity (Wildman–Crippen MR) is 128 cm³/mol. The van der Waals surface area contributed by atoms with E-state index in [-0.39, 0.29) is 29.9 Å². The zero-order valence-corrected chi connectivity index (χ0v) is 19.4. The molecule has 0 aliphatic carbocycles. The molecule has 2 aliphatic rings. The van der Waals surface area contributed by atoms with Gasteiger partial charge in [-0.1, -0.05) is 49.4 Å². The van der Waals surface area contributed by atoms with Crippen LogP contribution in [0, 0.1) is 0 Å². The molecule has 0 bridgehead atoms. The second kappa shape index (κ2) is 9.39. The Bertz CT molecular complexity index is 1160. The quantitative estimate of drug-likeness (QED) is 0.544. The Morgan fingerprint density at radius 3 is 2.53 bits per heavy atom. The lowest BCUT2D eigenvalue weighted by Crippen LogP contribution is -2.47. The summed E-state index contributed by atoms with van der Waals surface area (Å²) in [5.74, 6) is 1.40. The number of ether oxygens (including phenoxy) is 3. The minimum absolute atomic E-state index is 0.0939. The highest BCUT2D eigenvalue weighted by Gasteiger charge is 2.38. The molecule has 0 saturated carbocycles. The molecule has 0 saturated heterocycles. The number of nitrogens with zero attached hydrogens (tertiary/aromatic N) is 1. The van der Waals surface area contributed by atoms with E-state index in [2.05, 4.69) is 30.0 Å². The summed E-state index contributed by atoms with van der Waals surface area (Å²) in [6.45, 7) is 3.14. The van der Waals surface area contributed by atoms with Crippen molar-refractivity contribution in [1.29, 1.82) is 0 Å². The molecule has 2 aliphatic heterocycles. The molecular weight excluding hydrogens is 430 g/mol. The summed E-state index contributed by atoms with van der Waals surface area (Å²) < 4.78 is 17.6. The van der Waals surface area contributed by atoms with E-state index in [4.69, 9.17) is 14.2 Å². The van der Waals surface area contributed by atoms with Crippen LogP contribution in [-0.4, -0.2) is 35.7 Å². The fourth-order valence-corrected chi connectivity index (χ4v) is 5.04. The highest BCUT2D eigenvalue weighted by molar-refractivity contribution is 5.77. The second-order valence-electron chi connectivity index (χ2n) is 8.83. The van der Waals surface area contributed by atoms with Gasteiger partial charge in [-0.15, -0.1) is 0 Å². The van der Waals surface area contributed by atoms with Gasteiger partial charge in [0, 0.05) is 12.6 Å². The van der Waals surface area contributed by atoms with E-state index in [0.717, 1.165) is 23.1 Å². The molecule has 2 heterocycles. The lowest BCUT2D eigenvalue weighted by atomic mass is 9.89. The molecule has 3 aromatic rings. The van der Waals surface area contributed by atoms with Gasteiger partial charge in [-0.3, -0.25) is 9.69 Å². The van der Waals surface area contributed by atoms with Gasteiger partial charge in [0.15, 0.2) is 17.6 Å². The first-order valence-corrected chi connectivity index (χ1v) is 11.7. The SMILES string of the molecule is CC[C@@H](c1ccccc1)N1Cc2cc3c(cc2CC1C(=O)OC)OCC(c1ccc(O)cc1)O3. The topological polar surface area (TPSA) is 68.2 Å². The Balaban J connectivity index is 1.47. The molecule has 0 radical (unpaired) electrons. The monoisotopic (exact) mass is 459 g/mol. The van der Waals surface area contributed by atoms with E-state index in [9.17, 15) is 9.90 Å². The summed E-state index contributed by atoms with van der Waals surface area (Å²) in [5.41, 5.74) is 4.35. The molecular formula is C28H29NO5. The summed E-state index contributed by atoms with van der Waals surface area (Å²) in [7, 11) is 1.45. The summed E-state index contributed by atoms with van der Waals surface area (Å²) in [6, 6.07) is 21.1. The Morgan fingerprint density at radius 1 is 1.09 bits per heavy atom. The van der Waals surface area contributed by atoms with Crippen molar-refractivity contribution in [2.45, 2.75) is 44.5 Å². The van der Waals surface area contributed by atoms with Gasteiger partial charge >= 0.3 is 5.97 Å². The minimum Gasteiger partial charge on any atom is -0.508 e. The van der Waals surface area contributed by atoms with Crippen LogP contribution in [0.1, 0.15) is 47.7 Å². The van der Waals surface area contributed by atoms with Crippen molar-refractivity contribution in [1.82, 2.24) is 4.90 Å². The van der Waals surface area contributed by atoms with Gasteiger partial charge in [0.2, 0.25) is 0 Å². The standard InChI is InChI=1S/C28H29NO5/c1-3-23(18-7-5-4-6-8-18)29-16-21-15-26-25(14-20(21)13-24(29)28(31)32-2)33-17-27(34-26)19-9-11-22(30)12-10-19/h4-12,14-15,23-24,27,30H,3,13,16-17H2,1-2H3/t23-,24?,27?/m0/s1. The van der Waals surface area contributed by atoms with Crippen LogP contribution in [0.15, 0.2) is 66.7 Å². The van der Waals surface area contributed by atoms with Gasteiger partial charge in [0.1, 0.15) is 18.4 Å². The van der Waals surface area contributed by atoms with Crippen molar-refractivity contribution in [3.63, 3.8) is 0 Å². The average molecular weight is 460 g/mol. The second-order valence-corrected chi connectivity index (χ2v) is 8.83. The van der Waals surface area contributed by atoms with Crippen LogP contribution in [-0.2, 0) is 22.5 Å². The zero-order chi connectivity index (χ0) is 23.7. The van der Waals surface area contributed by atoms with E-state index in [1.165, 1.54) is 12.7 Å². The van der Waals surface area contributed by atoms with Gasteiger partial charge in [-0.2, -0.15) is 0 Å². The van der Waals surface area contributed by atoms with Crippen LogP contribution < -0.4 is 9.47 Å². The third kappa shape index (κ3) is 4.21. The lowest BCUT2D eigenvalue weighted by molar-refractivity contribution is -0.149. The Morgan fingerprint density at radius 2 is 1.82 bits per heavy atom. The number of hydrogen-bond donors (Lipinski definition) is 1. The Kier molecular flexibility index (Phi) is 6.16. The number of benzene rings is 3. The third-order valence-electron chi connectivity index (χ3n) is 6.80. The molecule has 5 rings (SSSR count). The number of esters is 1. The van der Waals surface area contributed by atoms with Crippen molar-refractivity contribution in [3.8, 4) is 17.2 Å². The van der Waals surface area contributed by atoms with Crippen molar-refractivity contribution in [2.75, 3.05) is 13.7 Å². The fourth-order valence-electron chi connectivity index (χ4n) is 5.04. The Labute approximate surface area is 199 Å². The van der Waals surface area contributed by atoms with Crippen molar-refractivity contribution < 1.29 is 24.1 Å². The van der Waals surface area contributed by atoms with Crippen LogP contribution in [0.3, 0.4) is 0 Å². The molecule has 0 aromatic heterocycles. The number of phenols is 1. The van der Waals surface area contributed by atoms with Crippen molar-refractivity contribution in [2.24, 2.45) is 0 Å². The van der Waals surface area contributed by atoms with Crippen molar-refractivity contribution >= 4 is 5.97 Å². The third-order valence-corrected chi connectivity index (χ3v) is 6.80. The molecule has 0 spiro atoms. The van der Waals surface area contributed by atoms with Crippen LogP contribution >= 0.6 is 0 Å². The van der Waals surface area contributed by atoms with Crippen LogP contribution in [0.5, 0.6) is 17.2 Å². The largest absolute Gasteiger partial charge is 0.508 e. The van der Waals surface area contributed by atoms with E-state index >= 15 is 0 Å². The molecule has 1 N–H and O–H groups in total. The van der Waals surface area contributed by atoms with Gasteiger partial charge in [0.05, 0.1) is 7.11 Å². The van der Waals surface area contributed by atoms with Gasteiger partial charge in [0.25, 0.3) is 0 Å². The average Bonchev–Trinajstić information content (AvgIpc) is 2.88. The maximum atomic E-state index is 12.8. The first-order valence-electron chi connectivity index (χ1n) is 11.7. The Hall–Kier alpha value is -3.51.